The average molecular weight is 371 g/mol. The van der Waals surface area contributed by atoms with E-state index in [0.29, 0.717) is 18.4 Å². The number of benzene rings is 1. The Morgan fingerprint density at radius 1 is 1.29 bits per heavy atom. The summed E-state index contributed by atoms with van der Waals surface area (Å²) in [7, 11) is 0. The van der Waals surface area contributed by atoms with Crippen LogP contribution in [0.2, 0.25) is 12.6 Å². The molecule has 0 bridgehead atoms. The number of allylic oxidation sites excluding steroid dienone is 1. The van der Waals surface area contributed by atoms with Crippen molar-refractivity contribution in [3.8, 4) is 11.8 Å². The molecule has 0 unspecified atom stereocenters. The van der Waals surface area contributed by atoms with Gasteiger partial charge in [0.15, 0.2) is 0 Å². The molecule has 0 atom stereocenters. The van der Waals surface area contributed by atoms with E-state index >= 15 is 0 Å². The third-order valence-electron chi connectivity index (χ3n) is 5.87. The van der Waals surface area contributed by atoms with E-state index in [1.165, 1.54) is 35.1 Å². The van der Waals surface area contributed by atoms with E-state index in [0.717, 1.165) is 31.5 Å². The smallest absolute Gasteiger partial charge is 0.271 e. The second-order valence-corrected chi connectivity index (χ2v) is 7.95. The summed E-state index contributed by atoms with van der Waals surface area (Å²) in [5.74, 6) is 4.64. The lowest BCUT2D eigenvalue weighted by Crippen LogP contribution is -2.36. The number of hydrogen-bond acceptors (Lipinski definition) is 4. The topological polar surface area (TPSA) is 49.1 Å². The maximum Gasteiger partial charge on any atom is 0.271 e. The molecule has 1 saturated heterocycles. The van der Waals surface area contributed by atoms with Gasteiger partial charge in [-0.1, -0.05) is 30.8 Å². The molecule has 4 rings (SSSR count). The van der Waals surface area contributed by atoms with Crippen LogP contribution in [-0.2, 0) is 6.61 Å². The summed E-state index contributed by atoms with van der Waals surface area (Å²) in [6.45, 7) is 8.82. The summed E-state index contributed by atoms with van der Waals surface area (Å²) in [4.78, 5) is 6.92. The van der Waals surface area contributed by atoms with Gasteiger partial charge in [0.25, 0.3) is 6.71 Å². The number of nitrogens with zero attached hydrogens (tertiary/aromatic N) is 3. The number of pyridine rings is 1. The van der Waals surface area contributed by atoms with Gasteiger partial charge in [-0.2, -0.15) is 4.98 Å². The van der Waals surface area contributed by atoms with Crippen LogP contribution in [0, 0.1) is 24.1 Å². The molecule has 2 fully saturated rings. The first-order chi connectivity index (χ1) is 13.6. The Balaban J connectivity index is 1.38. The third kappa shape index (κ3) is 4.22. The van der Waals surface area contributed by atoms with Crippen LogP contribution >= 0.6 is 0 Å². The lowest BCUT2D eigenvalue weighted by Gasteiger charge is -2.29. The van der Waals surface area contributed by atoms with Gasteiger partial charge in [0.1, 0.15) is 12.4 Å². The molecule has 1 aliphatic heterocycles. The van der Waals surface area contributed by atoms with Gasteiger partial charge in [-0.05, 0) is 66.7 Å². The highest BCUT2D eigenvalue weighted by atomic mass is 16.5. The molecule has 2 aliphatic rings. The molecule has 0 spiro atoms. The van der Waals surface area contributed by atoms with Crippen molar-refractivity contribution in [2.24, 2.45) is 5.92 Å². The van der Waals surface area contributed by atoms with Crippen molar-refractivity contribution < 1.29 is 4.74 Å². The number of aryl methyl sites for hydroxylation is 1. The molecule has 1 aromatic carbocycles. The minimum absolute atomic E-state index is 0.178. The maximum atomic E-state index is 9.06. The lowest BCUT2D eigenvalue weighted by molar-refractivity contribution is 0.293. The van der Waals surface area contributed by atoms with Gasteiger partial charge in [0.05, 0.1) is 0 Å². The SMILES string of the molecule is C=C(c1ccc(COc2cccc(N3CCB(C#N)CC3)n2)c(C)c1)C1CC1. The molecule has 2 aromatic rings. The Hall–Kier alpha value is -2.74. The zero-order chi connectivity index (χ0) is 19.5. The van der Waals surface area contributed by atoms with Gasteiger partial charge in [-0.15, -0.1) is 0 Å². The van der Waals surface area contributed by atoms with E-state index in [1.807, 2.05) is 18.2 Å². The summed E-state index contributed by atoms with van der Waals surface area (Å²) in [5, 5.41) is 9.06. The number of aromatic nitrogens is 1. The number of hydrogen-bond donors (Lipinski definition) is 0. The largest absolute Gasteiger partial charge is 0.473 e. The van der Waals surface area contributed by atoms with Crippen molar-refractivity contribution in [1.82, 2.24) is 4.98 Å². The van der Waals surface area contributed by atoms with E-state index in [4.69, 9.17) is 10.00 Å². The number of ether oxygens (including phenoxy) is 1. The lowest BCUT2D eigenvalue weighted by atomic mass is 9.45. The van der Waals surface area contributed by atoms with Crippen LogP contribution in [0.15, 0.2) is 43.0 Å². The molecule has 5 heteroatoms. The molecular formula is C23H26BN3O. The molecule has 142 valence electrons. The predicted molar refractivity (Wildman–Crippen MR) is 115 cm³/mol. The number of rotatable bonds is 6. The van der Waals surface area contributed by atoms with Gasteiger partial charge in [0, 0.05) is 25.1 Å². The highest BCUT2D eigenvalue weighted by molar-refractivity contribution is 6.67. The Labute approximate surface area is 167 Å². The van der Waals surface area contributed by atoms with E-state index in [1.54, 1.807) is 0 Å². The van der Waals surface area contributed by atoms with E-state index in [-0.39, 0.29) is 6.71 Å². The summed E-state index contributed by atoms with van der Waals surface area (Å²) in [5.41, 5.74) is 4.93. The molecule has 28 heavy (non-hydrogen) atoms. The van der Waals surface area contributed by atoms with Crippen LogP contribution in [-0.4, -0.2) is 24.8 Å². The van der Waals surface area contributed by atoms with Crippen LogP contribution in [0.1, 0.15) is 29.5 Å². The van der Waals surface area contributed by atoms with Crippen molar-refractivity contribution in [3.63, 3.8) is 0 Å². The van der Waals surface area contributed by atoms with Crippen LogP contribution in [0.4, 0.5) is 5.82 Å². The normalized spacial score (nSPS) is 16.6. The minimum atomic E-state index is 0.178. The number of nitriles is 1. The van der Waals surface area contributed by atoms with Crippen molar-refractivity contribution in [2.75, 3.05) is 18.0 Å². The fourth-order valence-electron chi connectivity index (χ4n) is 3.77. The van der Waals surface area contributed by atoms with Crippen molar-refractivity contribution >= 4 is 18.1 Å². The van der Waals surface area contributed by atoms with Crippen molar-refractivity contribution in [1.29, 1.82) is 5.26 Å². The second kappa shape index (κ2) is 8.10. The van der Waals surface area contributed by atoms with Crippen molar-refractivity contribution in [2.45, 2.75) is 39.0 Å². The third-order valence-corrected chi connectivity index (χ3v) is 5.87. The molecule has 0 N–H and O–H groups in total. The highest BCUT2D eigenvalue weighted by Gasteiger charge is 2.25. The first kappa shape index (κ1) is 18.6. The first-order valence-corrected chi connectivity index (χ1v) is 10.2. The highest BCUT2D eigenvalue weighted by Crippen LogP contribution is 2.41. The molecule has 2 heterocycles. The monoisotopic (exact) mass is 371 g/mol. The molecule has 0 radical (unpaired) electrons. The van der Waals surface area contributed by atoms with E-state index in [2.05, 4.69) is 47.6 Å². The molecule has 1 aromatic heterocycles. The van der Waals surface area contributed by atoms with Crippen molar-refractivity contribution in [3.05, 3.63) is 59.7 Å². The zero-order valence-corrected chi connectivity index (χ0v) is 16.5. The molecule has 0 amide bonds. The van der Waals surface area contributed by atoms with Gasteiger partial charge >= 0.3 is 0 Å². The van der Waals surface area contributed by atoms with Crippen LogP contribution in [0.3, 0.4) is 0 Å². The standard InChI is InChI=1S/C23H26BN3O/c1-17-14-20(18(2)19-6-7-19)8-9-21(17)15-28-23-5-3-4-22(26-23)27-12-10-24(16-25)11-13-27/h3-5,8-9,14,19H,2,6-7,10-13,15H2,1H3. The predicted octanol–water partition coefficient (Wildman–Crippen LogP) is 4.77. The Morgan fingerprint density at radius 3 is 2.75 bits per heavy atom. The van der Waals surface area contributed by atoms with Crippen LogP contribution in [0.5, 0.6) is 5.88 Å². The van der Waals surface area contributed by atoms with Crippen LogP contribution in [0.25, 0.3) is 5.57 Å². The van der Waals surface area contributed by atoms with E-state index < -0.39 is 0 Å². The maximum absolute atomic E-state index is 9.06. The first-order valence-electron chi connectivity index (χ1n) is 10.2. The molecule has 4 nitrogen and oxygen atoms in total. The summed E-state index contributed by atoms with van der Waals surface area (Å²) < 4.78 is 5.99. The molecule has 1 aliphatic carbocycles. The quantitative estimate of drug-likeness (QED) is 0.687. The zero-order valence-electron chi connectivity index (χ0n) is 16.5. The Morgan fingerprint density at radius 2 is 2.07 bits per heavy atom. The van der Waals surface area contributed by atoms with Gasteiger partial charge < -0.3 is 9.64 Å². The molecule has 1 saturated carbocycles. The fourth-order valence-corrected chi connectivity index (χ4v) is 3.77. The molecular weight excluding hydrogens is 345 g/mol. The minimum Gasteiger partial charge on any atom is -0.473 e. The summed E-state index contributed by atoms with van der Waals surface area (Å²) in [6, 6.07) is 12.4. The average Bonchev–Trinajstić information content (AvgIpc) is 3.58. The number of anilines is 1. The Bertz CT molecular complexity index is 908. The summed E-state index contributed by atoms with van der Waals surface area (Å²) >= 11 is 0. The van der Waals surface area contributed by atoms with E-state index in [9.17, 15) is 0 Å². The van der Waals surface area contributed by atoms with Gasteiger partial charge in [-0.3, -0.25) is 0 Å². The summed E-state index contributed by atoms with van der Waals surface area (Å²) in [6.07, 6.45) is 4.36. The second-order valence-electron chi connectivity index (χ2n) is 7.95. The Kier molecular flexibility index (Phi) is 5.39. The van der Waals surface area contributed by atoms with Crippen LogP contribution < -0.4 is 9.64 Å². The van der Waals surface area contributed by atoms with Gasteiger partial charge in [-0.25, -0.2) is 5.26 Å². The van der Waals surface area contributed by atoms with Gasteiger partial charge in [0.2, 0.25) is 5.88 Å². The fraction of sp³-hybridized carbons (Fsp3) is 0.391.